The largest absolute Gasteiger partial charge is 0.497 e. The lowest BCUT2D eigenvalue weighted by Crippen LogP contribution is -2.41. The third-order valence-electron chi connectivity index (χ3n) is 5.94. The maximum atomic E-state index is 12.8. The summed E-state index contributed by atoms with van der Waals surface area (Å²) in [6, 6.07) is 10.8. The normalized spacial score (nSPS) is 13.7. The van der Waals surface area contributed by atoms with E-state index in [-0.39, 0.29) is 17.9 Å². The maximum absolute atomic E-state index is 12.8. The predicted octanol–water partition coefficient (Wildman–Crippen LogP) is 3.67. The number of methoxy groups -OCH3 is 4. The number of urea groups is 1. The van der Waals surface area contributed by atoms with E-state index in [1.165, 1.54) is 21.3 Å². The van der Waals surface area contributed by atoms with E-state index < -0.39 is 0 Å². The Labute approximate surface area is 200 Å². The number of piperidine rings is 1. The Balaban J connectivity index is 1.46. The first-order valence-electron chi connectivity index (χ1n) is 11.2. The van der Waals surface area contributed by atoms with Gasteiger partial charge in [0.1, 0.15) is 5.75 Å². The Morgan fingerprint density at radius 1 is 0.912 bits per heavy atom. The molecule has 1 fully saturated rings. The second-order valence-corrected chi connectivity index (χ2v) is 8.10. The van der Waals surface area contributed by atoms with E-state index in [2.05, 4.69) is 10.6 Å². The summed E-state index contributed by atoms with van der Waals surface area (Å²) in [4.78, 5) is 26.9. The molecule has 1 aliphatic rings. The van der Waals surface area contributed by atoms with Crippen LogP contribution in [0.4, 0.5) is 10.5 Å². The van der Waals surface area contributed by atoms with Gasteiger partial charge in [-0.1, -0.05) is 12.1 Å². The highest BCUT2D eigenvalue weighted by atomic mass is 16.5. The van der Waals surface area contributed by atoms with Crippen LogP contribution in [0.3, 0.4) is 0 Å². The van der Waals surface area contributed by atoms with Crippen molar-refractivity contribution in [3.05, 3.63) is 42.0 Å². The molecule has 3 amide bonds. The molecule has 0 bridgehead atoms. The number of anilines is 1. The zero-order chi connectivity index (χ0) is 24.5. The summed E-state index contributed by atoms with van der Waals surface area (Å²) in [5.41, 5.74) is 1.58. The van der Waals surface area contributed by atoms with Crippen LogP contribution in [0.25, 0.3) is 0 Å². The number of hydrogen-bond acceptors (Lipinski definition) is 6. The summed E-state index contributed by atoms with van der Waals surface area (Å²) < 4.78 is 21.2. The summed E-state index contributed by atoms with van der Waals surface area (Å²) in [5.74, 6) is 2.47. The minimum atomic E-state index is -0.198. The van der Waals surface area contributed by atoms with Gasteiger partial charge < -0.3 is 34.5 Å². The SMILES string of the molecule is COc1ccc(CNC(=O)CC2CCN(C(=O)Nc3cc(OC)c(OC)c(OC)c3)CC2)cc1. The highest BCUT2D eigenvalue weighted by molar-refractivity contribution is 5.90. The number of likely N-dealkylation sites (tertiary alicyclic amines) is 1. The van der Waals surface area contributed by atoms with Gasteiger partial charge in [0.2, 0.25) is 11.7 Å². The molecule has 2 aromatic rings. The number of carbonyl (C=O) groups excluding carboxylic acids is 2. The van der Waals surface area contributed by atoms with Crippen molar-refractivity contribution in [3.8, 4) is 23.0 Å². The molecule has 0 unspecified atom stereocenters. The minimum absolute atomic E-state index is 0.0242. The van der Waals surface area contributed by atoms with E-state index in [1.807, 2.05) is 24.3 Å². The molecule has 0 aliphatic carbocycles. The predicted molar refractivity (Wildman–Crippen MR) is 129 cm³/mol. The van der Waals surface area contributed by atoms with E-state index in [0.717, 1.165) is 24.2 Å². The number of amides is 3. The Morgan fingerprint density at radius 3 is 2.06 bits per heavy atom. The molecule has 0 atom stereocenters. The fourth-order valence-electron chi connectivity index (χ4n) is 3.97. The first-order valence-corrected chi connectivity index (χ1v) is 11.2. The number of nitrogens with one attached hydrogen (secondary N) is 2. The number of rotatable bonds is 9. The molecular formula is C25H33N3O6. The molecule has 2 aromatic carbocycles. The average molecular weight is 472 g/mol. The number of ether oxygens (including phenoxy) is 4. The molecule has 0 radical (unpaired) electrons. The average Bonchev–Trinajstić information content (AvgIpc) is 2.87. The Hall–Kier alpha value is -3.62. The van der Waals surface area contributed by atoms with Crippen LogP contribution >= 0.6 is 0 Å². The summed E-state index contributed by atoms with van der Waals surface area (Å²) >= 11 is 0. The van der Waals surface area contributed by atoms with E-state index in [1.54, 1.807) is 24.1 Å². The second kappa shape index (κ2) is 12.0. The van der Waals surface area contributed by atoms with Gasteiger partial charge >= 0.3 is 6.03 Å². The zero-order valence-corrected chi connectivity index (χ0v) is 20.2. The highest BCUT2D eigenvalue weighted by Crippen LogP contribution is 2.40. The van der Waals surface area contributed by atoms with Gasteiger partial charge in [0.05, 0.1) is 34.1 Å². The molecule has 34 heavy (non-hydrogen) atoms. The standard InChI is InChI=1S/C25H33N3O6/c1-31-20-7-5-18(6-8-20)16-26-23(29)13-17-9-11-28(12-10-17)25(30)27-19-14-21(32-2)24(34-4)22(15-19)33-3/h5-8,14-15,17H,9-13,16H2,1-4H3,(H,26,29)(H,27,30). The summed E-state index contributed by atoms with van der Waals surface area (Å²) in [7, 11) is 6.21. The van der Waals surface area contributed by atoms with Crippen molar-refractivity contribution in [2.24, 2.45) is 5.92 Å². The lowest BCUT2D eigenvalue weighted by atomic mass is 9.93. The number of hydrogen-bond donors (Lipinski definition) is 2. The van der Waals surface area contributed by atoms with Gasteiger partial charge in [-0.2, -0.15) is 0 Å². The smallest absolute Gasteiger partial charge is 0.321 e. The number of benzene rings is 2. The van der Waals surface area contributed by atoms with Crippen LogP contribution in [-0.4, -0.2) is 58.4 Å². The molecule has 0 aromatic heterocycles. The molecular weight excluding hydrogens is 438 g/mol. The molecule has 9 nitrogen and oxygen atoms in total. The molecule has 1 saturated heterocycles. The topological polar surface area (TPSA) is 98.4 Å². The first kappa shape index (κ1) is 25.0. The molecule has 184 valence electrons. The van der Waals surface area contributed by atoms with Crippen LogP contribution < -0.4 is 29.6 Å². The number of nitrogens with zero attached hydrogens (tertiary/aromatic N) is 1. The van der Waals surface area contributed by atoms with Crippen molar-refractivity contribution < 1.29 is 28.5 Å². The number of carbonyl (C=O) groups is 2. The van der Waals surface area contributed by atoms with E-state index in [9.17, 15) is 9.59 Å². The van der Waals surface area contributed by atoms with Crippen LogP contribution in [0.1, 0.15) is 24.8 Å². The van der Waals surface area contributed by atoms with Gasteiger partial charge in [0, 0.05) is 38.2 Å². The monoisotopic (exact) mass is 471 g/mol. The van der Waals surface area contributed by atoms with Gasteiger partial charge in [0.15, 0.2) is 11.5 Å². The van der Waals surface area contributed by atoms with E-state index in [4.69, 9.17) is 18.9 Å². The lowest BCUT2D eigenvalue weighted by molar-refractivity contribution is -0.122. The molecule has 0 spiro atoms. The van der Waals surface area contributed by atoms with Crippen molar-refractivity contribution in [2.45, 2.75) is 25.8 Å². The molecule has 2 N–H and O–H groups in total. The Kier molecular flexibility index (Phi) is 8.84. The Morgan fingerprint density at radius 2 is 1.53 bits per heavy atom. The van der Waals surface area contributed by atoms with Crippen LogP contribution in [0.5, 0.6) is 23.0 Å². The van der Waals surface area contributed by atoms with E-state index >= 15 is 0 Å². The molecule has 1 aliphatic heterocycles. The Bertz CT molecular complexity index is 946. The second-order valence-electron chi connectivity index (χ2n) is 8.10. The summed E-state index contributed by atoms with van der Waals surface area (Å²) in [6.07, 6.45) is 2.01. The van der Waals surface area contributed by atoms with Crippen LogP contribution in [0, 0.1) is 5.92 Å². The molecule has 9 heteroatoms. The fourth-order valence-corrected chi connectivity index (χ4v) is 3.97. The third-order valence-corrected chi connectivity index (χ3v) is 5.94. The lowest BCUT2D eigenvalue weighted by Gasteiger charge is -2.31. The zero-order valence-electron chi connectivity index (χ0n) is 20.2. The maximum Gasteiger partial charge on any atom is 0.321 e. The van der Waals surface area contributed by atoms with E-state index in [0.29, 0.717) is 49.0 Å². The third kappa shape index (κ3) is 6.46. The highest BCUT2D eigenvalue weighted by Gasteiger charge is 2.25. The van der Waals surface area contributed by atoms with Crippen LogP contribution in [-0.2, 0) is 11.3 Å². The molecule has 1 heterocycles. The van der Waals surface area contributed by atoms with Crippen LogP contribution in [0.2, 0.25) is 0 Å². The van der Waals surface area contributed by atoms with Crippen molar-refractivity contribution in [1.29, 1.82) is 0 Å². The summed E-state index contributed by atoms with van der Waals surface area (Å²) in [6.45, 7) is 1.66. The minimum Gasteiger partial charge on any atom is -0.497 e. The van der Waals surface area contributed by atoms with Crippen LogP contribution in [0.15, 0.2) is 36.4 Å². The summed E-state index contributed by atoms with van der Waals surface area (Å²) in [5, 5.41) is 5.87. The fraction of sp³-hybridized carbons (Fsp3) is 0.440. The van der Waals surface area contributed by atoms with Crippen molar-refractivity contribution in [1.82, 2.24) is 10.2 Å². The molecule has 3 rings (SSSR count). The van der Waals surface area contributed by atoms with Gasteiger partial charge in [-0.15, -0.1) is 0 Å². The van der Waals surface area contributed by atoms with Gasteiger partial charge in [-0.05, 0) is 36.5 Å². The first-order chi connectivity index (χ1) is 16.5. The molecule has 0 saturated carbocycles. The van der Waals surface area contributed by atoms with Crippen molar-refractivity contribution >= 4 is 17.6 Å². The van der Waals surface area contributed by atoms with Crippen molar-refractivity contribution in [2.75, 3.05) is 46.8 Å². The van der Waals surface area contributed by atoms with Gasteiger partial charge in [-0.3, -0.25) is 4.79 Å². The van der Waals surface area contributed by atoms with Crippen molar-refractivity contribution in [3.63, 3.8) is 0 Å². The quantitative estimate of drug-likeness (QED) is 0.579. The van der Waals surface area contributed by atoms with Gasteiger partial charge in [0.25, 0.3) is 0 Å². The van der Waals surface area contributed by atoms with Gasteiger partial charge in [-0.25, -0.2) is 4.79 Å².